The summed E-state index contributed by atoms with van der Waals surface area (Å²) in [6.07, 6.45) is 1.74. The van der Waals surface area contributed by atoms with Crippen LogP contribution >= 0.6 is 0 Å². The number of rotatable bonds is 5. The normalized spacial score (nSPS) is 16.7. The molecule has 0 saturated heterocycles. The minimum absolute atomic E-state index is 0.0826. The average Bonchev–Trinajstić information content (AvgIpc) is 3.38. The first-order chi connectivity index (χ1) is 12.4. The van der Waals surface area contributed by atoms with E-state index in [1.165, 1.54) is 19.1 Å². The fraction of sp³-hybridized carbons (Fsp3) is 0.353. The molecule has 9 nitrogen and oxygen atoms in total. The van der Waals surface area contributed by atoms with Crippen LogP contribution in [-0.2, 0) is 14.3 Å². The molecule has 1 aromatic rings. The lowest BCUT2D eigenvalue weighted by Crippen LogP contribution is -2.46. The van der Waals surface area contributed by atoms with E-state index >= 15 is 0 Å². The number of carbonyl (C=O) groups excluding carboxylic acids is 5. The van der Waals surface area contributed by atoms with E-state index in [0.29, 0.717) is 0 Å². The molecule has 1 aliphatic heterocycles. The number of urea groups is 1. The van der Waals surface area contributed by atoms with Gasteiger partial charge < -0.3 is 10.1 Å². The smallest absolute Gasteiger partial charge is 0.329 e. The van der Waals surface area contributed by atoms with Gasteiger partial charge in [0.15, 0.2) is 6.61 Å². The minimum atomic E-state index is -1.20. The van der Waals surface area contributed by atoms with Crippen LogP contribution in [0.4, 0.5) is 4.79 Å². The Labute approximate surface area is 148 Å². The number of nitrogens with one attached hydrogen (secondary N) is 2. The van der Waals surface area contributed by atoms with Gasteiger partial charge in [0.1, 0.15) is 6.04 Å². The van der Waals surface area contributed by atoms with Gasteiger partial charge >= 0.3 is 12.0 Å². The molecule has 0 aromatic heterocycles. The van der Waals surface area contributed by atoms with Crippen LogP contribution in [0, 0.1) is 0 Å². The van der Waals surface area contributed by atoms with Crippen LogP contribution in [0.1, 0.15) is 40.5 Å². The Balaban J connectivity index is 1.53. The summed E-state index contributed by atoms with van der Waals surface area (Å²) < 4.78 is 4.82. The van der Waals surface area contributed by atoms with E-state index in [2.05, 4.69) is 5.32 Å². The highest BCUT2D eigenvalue weighted by Crippen LogP contribution is 2.24. The lowest BCUT2D eigenvalue weighted by Gasteiger charge is -2.20. The molecule has 1 heterocycles. The number of nitrogens with zero attached hydrogens (tertiary/aromatic N) is 1. The van der Waals surface area contributed by atoms with Crippen molar-refractivity contribution in [3.05, 3.63) is 35.4 Å². The van der Waals surface area contributed by atoms with E-state index < -0.39 is 42.4 Å². The van der Waals surface area contributed by atoms with E-state index in [1.54, 1.807) is 12.1 Å². The second kappa shape index (κ2) is 6.95. The van der Waals surface area contributed by atoms with Crippen molar-refractivity contribution in [1.29, 1.82) is 0 Å². The third-order valence-electron chi connectivity index (χ3n) is 4.06. The molecule has 1 fully saturated rings. The highest BCUT2D eigenvalue weighted by atomic mass is 16.5. The summed E-state index contributed by atoms with van der Waals surface area (Å²) in [7, 11) is 0. The third-order valence-corrected chi connectivity index (χ3v) is 4.06. The van der Waals surface area contributed by atoms with Crippen molar-refractivity contribution in [3.63, 3.8) is 0 Å². The topological polar surface area (TPSA) is 122 Å². The van der Waals surface area contributed by atoms with Gasteiger partial charge in [0, 0.05) is 6.04 Å². The molecule has 0 unspecified atom stereocenters. The summed E-state index contributed by atoms with van der Waals surface area (Å²) in [5, 5.41) is 4.59. The number of fused-ring (bicyclic) bond motifs is 1. The lowest BCUT2D eigenvalue weighted by atomic mass is 10.1. The molecule has 1 aliphatic carbocycles. The number of hydrogen-bond donors (Lipinski definition) is 2. The number of carbonyl (C=O) groups is 5. The summed E-state index contributed by atoms with van der Waals surface area (Å²) >= 11 is 0. The Morgan fingerprint density at radius 1 is 1.15 bits per heavy atom. The first-order valence-electron chi connectivity index (χ1n) is 8.12. The van der Waals surface area contributed by atoms with Crippen LogP contribution < -0.4 is 10.6 Å². The molecule has 3 rings (SSSR count). The van der Waals surface area contributed by atoms with Crippen molar-refractivity contribution in [2.75, 3.05) is 6.61 Å². The number of imide groups is 2. The van der Waals surface area contributed by atoms with Gasteiger partial charge in [-0.1, -0.05) is 12.1 Å². The van der Waals surface area contributed by atoms with Crippen LogP contribution in [-0.4, -0.2) is 53.3 Å². The molecule has 0 radical (unpaired) electrons. The molecule has 9 heteroatoms. The first-order valence-corrected chi connectivity index (χ1v) is 8.12. The Morgan fingerprint density at radius 2 is 1.73 bits per heavy atom. The Bertz CT molecular complexity index is 766. The molecule has 5 amide bonds. The van der Waals surface area contributed by atoms with E-state index in [9.17, 15) is 24.0 Å². The summed E-state index contributed by atoms with van der Waals surface area (Å²) in [5.41, 5.74) is 0.429. The molecule has 2 N–H and O–H groups in total. The minimum Gasteiger partial charge on any atom is -0.454 e. The summed E-state index contributed by atoms with van der Waals surface area (Å²) in [6, 6.07) is 4.47. The predicted octanol–water partition coefficient (Wildman–Crippen LogP) is 0.203. The van der Waals surface area contributed by atoms with Gasteiger partial charge in [0.2, 0.25) is 0 Å². The van der Waals surface area contributed by atoms with Crippen molar-refractivity contribution < 1.29 is 28.7 Å². The van der Waals surface area contributed by atoms with Gasteiger partial charge in [0.05, 0.1) is 11.1 Å². The molecular formula is C17H17N3O6. The Kier molecular flexibility index (Phi) is 4.70. The SMILES string of the molecule is C[C@H](C(=O)OCC(=O)NC(=O)NC1CC1)N1C(=O)c2ccccc2C1=O. The molecule has 136 valence electrons. The van der Waals surface area contributed by atoms with Crippen molar-refractivity contribution >= 4 is 29.7 Å². The predicted molar refractivity (Wildman–Crippen MR) is 87.1 cm³/mol. The summed E-state index contributed by atoms with van der Waals surface area (Å²) in [4.78, 5) is 60.6. The number of ether oxygens (including phenoxy) is 1. The maximum atomic E-state index is 12.3. The van der Waals surface area contributed by atoms with Crippen molar-refractivity contribution in [3.8, 4) is 0 Å². The molecule has 1 aromatic carbocycles. The van der Waals surface area contributed by atoms with E-state index in [0.717, 1.165) is 17.7 Å². The van der Waals surface area contributed by atoms with Gasteiger partial charge in [-0.15, -0.1) is 0 Å². The Morgan fingerprint density at radius 3 is 2.27 bits per heavy atom. The van der Waals surface area contributed by atoms with Crippen LogP contribution in [0.25, 0.3) is 0 Å². The molecule has 26 heavy (non-hydrogen) atoms. The van der Waals surface area contributed by atoms with Crippen molar-refractivity contribution in [2.24, 2.45) is 0 Å². The third kappa shape index (κ3) is 3.56. The van der Waals surface area contributed by atoms with Crippen LogP contribution in [0.15, 0.2) is 24.3 Å². The summed E-state index contributed by atoms with van der Waals surface area (Å²) in [6.45, 7) is 0.645. The van der Waals surface area contributed by atoms with Crippen LogP contribution in [0.3, 0.4) is 0 Å². The van der Waals surface area contributed by atoms with Crippen LogP contribution in [0.5, 0.6) is 0 Å². The molecule has 2 aliphatic rings. The van der Waals surface area contributed by atoms with Gasteiger partial charge in [-0.2, -0.15) is 0 Å². The molecule has 0 spiro atoms. The fourth-order valence-electron chi connectivity index (χ4n) is 2.53. The number of esters is 1. The van der Waals surface area contributed by atoms with Gasteiger partial charge in [-0.3, -0.25) is 24.6 Å². The van der Waals surface area contributed by atoms with Crippen LogP contribution in [0.2, 0.25) is 0 Å². The zero-order valence-corrected chi connectivity index (χ0v) is 14.0. The van der Waals surface area contributed by atoms with E-state index in [1.807, 2.05) is 5.32 Å². The lowest BCUT2D eigenvalue weighted by molar-refractivity contribution is -0.151. The standard InChI is InChI=1S/C17H17N3O6/c1-9(20-14(22)11-4-2-3-5-12(11)15(20)23)16(24)26-8-13(21)19-17(25)18-10-6-7-10/h2-5,9-10H,6-8H2,1H3,(H2,18,19,21,25)/t9-/m1/s1. The number of benzene rings is 1. The second-order valence-electron chi connectivity index (χ2n) is 6.11. The highest BCUT2D eigenvalue weighted by Gasteiger charge is 2.41. The maximum Gasteiger partial charge on any atom is 0.329 e. The average molecular weight is 359 g/mol. The van der Waals surface area contributed by atoms with Gasteiger partial charge in [-0.05, 0) is 31.9 Å². The maximum absolute atomic E-state index is 12.3. The van der Waals surface area contributed by atoms with Gasteiger partial charge in [-0.25, -0.2) is 9.59 Å². The Hall–Kier alpha value is -3.23. The quantitative estimate of drug-likeness (QED) is 0.572. The first kappa shape index (κ1) is 17.6. The van der Waals surface area contributed by atoms with Crippen molar-refractivity contribution in [1.82, 2.24) is 15.5 Å². The summed E-state index contributed by atoms with van der Waals surface area (Å²) in [5.74, 6) is -2.91. The zero-order valence-electron chi connectivity index (χ0n) is 14.0. The number of hydrogen-bond acceptors (Lipinski definition) is 6. The largest absolute Gasteiger partial charge is 0.454 e. The van der Waals surface area contributed by atoms with Gasteiger partial charge in [0.25, 0.3) is 17.7 Å². The zero-order chi connectivity index (χ0) is 18.8. The van der Waals surface area contributed by atoms with E-state index in [-0.39, 0.29) is 17.2 Å². The molecule has 1 saturated carbocycles. The van der Waals surface area contributed by atoms with Crippen molar-refractivity contribution in [2.45, 2.75) is 31.8 Å². The fourth-order valence-corrected chi connectivity index (χ4v) is 2.53. The molecule has 1 atom stereocenters. The molecular weight excluding hydrogens is 342 g/mol. The highest BCUT2D eigenvalue weighted by molar-refractivity contribution is 6.22. The second-order valence-corrected chi connectivity index (χ2v) is 6.11. The van der Waals surface area contributed by atoms with E-state index in [4.69, 9.17) is 4.74 Å². The number of amides is 5. The molecule has 0 bridgehead atoms. The monoisotopic (exact) mass is 359 g/mol.